The van der Waals surface area contributed by atoms with E-state index in [1.54, 1.807) is 41.9 Å². The van der Waals surface area contributed by atoms with Gasteiger partial charge in [-0.15, -0.1) is 0 Å². The van der Waals surface area contributed by atoms with Crippen molar-refractivity contribution in [2.75, 3.05) is 17.2 Å². The van der Waals surface area contributed by atoms with E-state index in [9.17, 15) is 13.8 Å². The van der Waals surface area contributed by atoms with Gasteiger partial charge in [-0.1, -0.05) is 0 Å². The number of aromatic nitrogens is 5. The molecular weight excluding hydrogens is 544 g/mol. The smallest absolute Gasteiger partial charge is 0.369 e. The lowest BCUT2D eigenvalue weighted by Crippen LogP contribution is -2.24. The van der Waals surface area contributed by atoms with Crippen LogP contribution in [0.5, 0.6) is 17.2 Å². The monoisotopic (exact) mass is 567 g/mol. The maximum atomic E-state index is 14.0. The van der Waals surface area contributed by atoms with Gasteiger partial charge in [0, 0.05) is 29.4 Å². The Hall–Kier alpha value is -4.65. The quantitative estimate of drug-likeness (QED) is 0.187. The summed E-state index contributed by atoms with van der Waals surface area (Å²) in [6.07, 6.45) is 4.54. The summed E-state index contributed by atoms with van der Waals surface area (Å²) < 4.78 is 38.4. The zero-order valence-electron chi connectivity index (χ0n) is 21.1. The van der Waals surface area contributed by atoms with E-state index in [-0.39, 0.29) is 18.0 Å². The van der Waals surface area contributed by atoms with Gasteiger partial charge in [0.25, 0.3) is 11.8 Å². The fraction of sp³-hybridized carbons (Fsp3) is 0.160. The number of pyridine rings is 1. The second-order valence-electron chi connectivity index (χ2n) is 8.57. The summed E-state index contributed by atoms with van der Waals surface area (Å²) in [5.74, 6) is -2.81. The van der Waals surface area contributed by atoms with Crippen molar-refractivity contribution in [2.45, 2.75) is 19.8 Å². The number of hydrogen-bond donors (Lipinski definition) is 4. The van der Waals surface area contributed by atoms with Crippen molar-refractivity contribution < 1.29 is 33.0 Å². The number of aryl methyl sites for hydroxylation is 1. The van der Waals surface area contributed by atoms with Crippen LogP contribution in [0.2, 0.25) is 0 Å². The Kier molecular flexibility index (Phi) is 7.30. The minimum absolute atomic E-state index is 0.00197. The van der Waals surface area contributed by atoms with Crippen LogP contribution in [0.1, 0.15) is 12.5 Å². The number of ether oxygens (including phenoxy) is 2. The second-order valence-corrected chi connectivity index (χ2v) is 10.2. The first kappa shape index (κ1) is 26.9. The fourth-order valence-corrected chi connectivity index (χ4v) is 4.24. The molecule has 206 valence electrons. The molecule has 3 aromatic heterocycles. The summed E-state index contributed by atoms with van der Waals surface area (Å²) in [5.41, 5.74) is 2.59. The van der Waals surface area contributed by atoms with E-state index in [0.717, 1.165) is 5.56 Å². The minimum atomic E-state index is -5.30. The molecule has 0 bridgehead atoms. The largest absolute Gasteiger partial charge is 0.492 e. The van der Waals surface area contributed by atoms with Crippen LogP contribution in [0.25, 0.3) is 16.6 Å². The molecule has 0 aliphatic rings. The molecule has 15 heteroatoms. The number of carbonyl (C=O) groups is 1. The summed E-state index contributed by atoms with van der Waals surface area (Å²) >= 11 is 0. The molecule has 0 aliphatic carbocycles. The maximum Gasteiger partial charge on any atom is 0.369 e. The first-order chi connectivity index (χ1) is 19.1. The van der Waals surface area contributed by atoms with Gasteiger partial charge in [0.05, 0.1) is 17.8 Å². The number of carbonyl (C=O) groups excluding carboxylic acids is 1. The molecule has 1 unspecified atom stereocenters. The predicted molar refractivity (Wildman–Crippen MR) is 144 cm³/mol. The van der Waals surface area contributed by atoms with Crippen LogP contribution in [-0.4, -0.2) is 52.8 Å². The van der Waals surface area contributed by atoms with Crippen LogP contribution in [-0.2, 0) is 9.36 Å². The van der Waals surface area contributed by atoms with Gasteiger partial charge >= 0.3 is 7.60 Å². The number of anilines is 3. The maximum absolute atomic E-state index is 14.0. The summed E-state index contributed by atoms with van der Waals surface area (Å²) in [4.78, 5) is 43.0. The van der Waals surface area contributed by atoms with Gasteiger partial charge in [0.15, 0.2) is 5.65 Å². The van der Waals surface area contributed by atoms with Crippen LogP contribution in [0.15, 0.2) is 61.3 Å². The van der Waals surface area contributed by atoms with Gasteiger partial charge in [-0.05, 0) is 49.7 Å². The van der Waals surface area contributed by atoms with E-state index < -0.39 is 19.4 Å². The van der Waals surface area contributed by atoms with E-state index in [4.69, 9.17) is 19.3 Å². The minimum Gasteiger partial charge on any atom is -0.492 e. The van der Waals surface area contributed by atoms with Crippen molar-refractivity contribution in [1.82, 2.24) is 24.6 Å². The Labute approximate surface area is 226 Å². The average Bonchev–Trinajstić information content (AvgIpc) is 3.38. The molecule has 0 fully saturated rings. The molecule has 5 rings (SSSR count). The lowest BCUT2D eigenvalue weighted by atomic mass is 10.1. The highest BCUT2D eigenvalue weighted by Gasteiger charge is 2.36. The first-order valence-electron chi connectivity index (χ1n) is 11.9. The Bertz CT molecular complexity index is 1780. The van der Waals surface area contributed by atoms with E-state index in [1.165, 1.54) is 24.8 Å². The van der Waals surface area contributed by atoms with Crippen molar-refractivity contribution in [3.05, 3.63) is 66.9 Å². The molecule has 40 heavy (non-hydrogen) atoms. The SMILES string of the molecule is CCOc1cc2ncnc(Nc3ccc(Oc4ccn5ncnc5c4)c(C)c3)c2cc1NC(=O)C(F)P(=O)(O)O. The number of halogens is 1. The molecule has 4 N–H and O–H groups in total. The number of benzene rings is 2. The highest BCUT2D eigenvalue weighted by Crippen LogP contribution is 2.43. The van der Waals surface area contributed by atoms with Crippen molar-refractivity contribution >= 4 is 47.2 Å². The van der Waals surface area contributed by atoms with Gasteiger partial charge < -0.3 is 29.9 Å². The van der Waals surface area contributed by atoms with E-state index in [0.29, 0.717) is 39.6 Å². The molecule has 1 atom stereocenters. The lowest BCUT2D eigenvalue weighted by molar-refractivity contribution is -0.118. The standard InChI is InChI=1S/C25H23FN7O6P/c1-3-38-21-11-18-17(10-19(21)32-25(34)23(26)40(35,36)37)24(29-12-27-18)31-15-4-5-20(14(2)8-15)39-16-6-7-33-22(9-16)28-13-30-33/h4-13,23H,3H2,1-2H3,(H,32,34)(H,27,29,31)(H2,35,36,37). The summed E-state index contributed by atoms with van der Waals surface area (Å²) in [7, 11) is -5.30. The molecule has 1 amide bonds. The molecule has 2 aromatic carbocycles. The molecule has 0 radical (unpaired) electrons. The zero-order chi connectivity index (χ0) is 28.4. The van der Waals surface area contributed by atoms with Crippen LogP contribution < -0.4 is 20.1 Å². The van der Waals surface area contributed by atoms with Gasteiger partial charge in [0.1, 0.15) is 35.7 Å². The molecule has 13 nitrogen and oxygen atoms in total. The second kappa shape index (κ2) is 10.8. The number of rotatable bonds is 9. The van der Waals surface area contributed by atoms with E-state index in [1.807, 2.05) is 13.0 Å². The number of fused-ring (bicyclic) bond motifs is 2. The van der Waals surface area contributed by atoms with Gasteiger partial charge in [-0.2, -0.15) is 5.10 Å². The Morgan fingerprint density at radius 3 is 2.67 bits per heavy atom. The molecule has 0 saturated heterocycles. The number of nitrogens with one attached hydrogen (secondary N) is 2. The third kappa shape index (κ3) is 5.69. The van der Waals surface area contributed by atoms with Crippen LogP contribution >= 0.6 is 7.60 Å². The molecule has 0 saturated carbocycles. The van der Waals surface area contributed by atoms with Crippen LogP contribution in [0.4, 0.5) is 21.6 Å². The zero-order valence-corrected chi connectivity index (χ0v) is 22.0. The van der Waals surface area contributed by atoms with Crippen LogP contribution in [0.3, 0.4) is 0 Å². The van der Waals surface area contributed by atoms with Gasteiger partial charge in [-0.25, -0.2) is 23.9 Å². The lowest BCUT2D eigenvalue weighted by Gasteiger charge is -2.16. The number of nitrogens with zero attached hydrogens (tertiary/aromatic N) is 5. The normalized spacial score (nSPS) is 12.3. The molecular formula is C25H23FN7O6P. The Morgan fingerprint density at radius 2 is 1.93 bits per heavy atom. The van der Waals surface area contributed by atoms with Crippen LogP contribution in [0, 0.1) is 6.92 Å². The topological polar surface area (TPSA) is 173 Å². The molecule has 5 aromatic rings. The van der Waals surface area contributed by atoms with E-state index >= 15 is 0 Å². The number of alkyl halides is 1. The highest BCUT2D eigenvalue weighted by atomic mass is 31.2. The van der Waals surface area contributed by atoms with E-state index in [2.05, 4.69) is 30.7 Å². The average molecular weight is 567 g/mol. The van der Waals surface area contributed by atoms with Gasteiger partial charge in [0.2, 0.25) is 0 Å². The number of amides is 1. The van der Waals surface area contributed by atoms with Gasteiger partial charge in [-0.3, -0.25) is 9.36 Å². The van der Waals surface area contributed by atoms with Crippen molar-refractivity contribution in [1.29, 1.82) is 0 Å². The fourth-order valence-electron chi connectivity index (χ4n) is 3.87. The summed E-state index contributed by atoms with van der Waals surface area (Å²) in [6.45, 7) is 3.80. The Morgan fingerprint density at radius 1 is 1.10 bits per heavy atom. The Balaban J connectivity index is 1.42. The highest BCUT2D eigenvalue weighted by molar-refractivity contribution is 7.53. The summed E-state index contributed by atoms with van der Waals surface area (Å²) in [6, 6.07) is 11.9. The molecule has 0 spiro atoms. The molecule has 0 aliphatic heterocycles. The summed E-state index contributed by atoms with van der Waals surface area (Å²) in [5, 5.41) is 9.89. The predicted octanol–water partition coefficient (Wildman–Crippen LogP) is 4.33. The molecule has 3 heterocycles. The number of hydrogen-bond acceptors (Lipinski definition) is 9. The van der Waals surface area contributed by atoms with Crippen molar-refractivity contribution in [2.24, 2.45) is 0 Å². The first-order valence-corrected chi connectivity index (χ1v) is 13.6. The third-order valence-corrected chi connectivity index (χ3v) is 6.55. The van der Waals surface area contributed by atoms with Crippen molar-refractivity contribution in [3.63, 3.8) is 0 Å². The third-order valence-electron chi connectivity index (χ3n) is 5.72. The van der Waals surface area contributed by atoms with Crippen molar-refractivity contribution in [3.8, 4) is 17.2 Å².